The fourth-order valence-corrected chi connectivity index (χ4v) is 2.67. The highest BCUT2D eigenvalue weighted by Gasteiger charge is 2.08. The molecule has 102 valence electrons. The molecule has 1 unspecified atom stereocenters. The second-order valence-corrected chi connectivity index (χ2v) is 5.78. The lowest BCUT2D eigenvalue weighted by Gasteiger charge is -2.09. The van der Waals surface area contributed by atoms with Gasteiger partial charge in [0.25, 0.3) is 0 Å². The van der Waals surface area contributed by atoms with Crippen LogP contribution in [-0.2, 0) is 13.0 Å². The third kappa shape index (κ3) is 4.40. The van der Waals surface area contributed by atoms with Gasteiger partial charge in [0.2, 0.25) is 0 Å². The number of hydrogen-bond donors (Lipinski definition) is 1. The Balaban J connectivity index is 1.81. The molecule has 3 nitrogen and oxygen atoms in total. The minimum absolute atomic E-state index is 0.333. The van der Waals surface area contributed by atoms with E-state index in [0.29, 0.717) is 12.2 Å². The van der Waals surface area contributed by atoms with E-state index in [1.807, 2.05) is 17.1 Å². The third-order valence-electron chi connectivity index (χ3n) is 2.95. The van der Waals surface area contributed by atoms with Crippen LogP contribution in [0.5, 0.6) is 0 Å². The number of hydrogen-bond acceptors (Lipinski definition) is 3. The second kappa shape index (κ2) is 6.78. The molecule has 0 amide bonds. The maximum Gasteiger partial charge on any atom is 0.0675 e. The molecule has 2 aromatic rings. The molecule has 0 aliphatic heterocycles. The zero-order valence-corrected chi connectivity index (χ0v) is 12.2. The number of aryl methyl sites for hydroxylation is 2. The minimum atomic E-state index is -0.333. The van der Waals surface area contributed by atoms with Crippen LogP contribution < -0.4 is 0 Å². The van der Waals surface area contributed by atoms with Crippen LogP contribution in [0.25, 0.3) is 0 Å². The van der Waals surface area contributed by atoms with E-state index in [2.05, 4.69) is 43.2 Å². The quantitative estimate of drug-likeness (QED) is 0.824. The summed E-state index contributed by atoms with van der Waals surface area (Å²) in [5.74, 6) is 0.709. The molecule has 1 atom stereocenters. The van der Waals surface area contributed by atoms with Gasteiger partial charge in [0.1, 0.15) is 0 Å². The molecule has 0 fully saturated rings. The van der Waals surface area contributed by atoms with Gasteiger partial charge in [-0.05, 0) is 31.5 Å². The van der Waals surface area contributed by atoms with E-state index in [-0.39, 0.29) is 6.10 Å². The van der Waals surface area contributed by atoms with Crippen LogP contribution in [0.2, 0.25) is 0 Å². The van der Waals surface area contributed by atoms with Gasteiger partial charge >= 0.3 is 0 Å². The van der Waals surface area contributed by atoms with Crippen molar-refractivity contribution >= 4 is 11.8 Å². The summed E-state index contributed by atoms with van der Waals surface area (Å²) in [7, 11) is 0. The summed E-state index contributed by atoms with van der Waals surface area (Å²) in [5.41, 5.74) is 2.36. The van der Waals surface area contributed by atoms with Gasteiger partial charge in [-0.15, -0.1) is 11.8 Å². The molecule has 0 aliphatic rings. The standard InChI is InChI=1S/C15H20N2OS/c1-3-17-10-13(9-16-17)8-14(18)11-19-15-6-4-12(2)5-7-15/h4-7,9-10,14,18H,3,8,11H2,1-2H3. The minimum Gasteiger partial charge on any atom is -0.392 e. The topological polar surface area (TPSA) is 38.0 Å². The average Bonchev–Trinajstić information content (AvgIpc) is 2.86. The van der Waals surface area contributed by atoms with Gasteiger partial charge < -0.3 is 5.11 Å². The number of aliphatic hydroxyl groups excluding tert-OH is 1. The Hall–Kier alpha value is -1.26. The molecule has 19 heavy (non-hydrogen) atoms. The highest BCUT2D eigenvalue weighted by Crippen LogP contribution is 2.20. The van der Waals surface area contributed by atoms with Gasteiger partial charge in [0.05, 0.1) is 12.3 Å². The van der Waals surface area contributed by atoms with Crippen molar-refractivity contribution in [3.05, 3.63) is 47.8 Å². The third-order valence-corrected chi connectivity index (χ3v) is 4.10. The Labute approximate surface area is 118 Å². The Morgan fingerprint density at radius 2 is 2.05 bits per heavy atom. The predicted molar refractivity (Wildman–Crippen MR) is 79.5 cm³/mol. The zero-order valence-electron chi connectivity index (χ0n) is 11.4. The molecule has 1 heterocycles. The smallest absolute Gasteiger partial charge is 0.0675 e. The van der Waals surface area contributed by atoms with Crippen molar-refractivity contribution < 1.29 is 5.11 Å². The maximum atomic E-state index is 10.0. The molecule has 0 saturated carbocycles. The molecule has 0 spiro atoms. The van der Waals surface area contributed by atoms with Crippen molar-refractivity contribution in [3.8, 4) is 0 Å². The number of thioether (sulfide) groups is 1. The van der Waals surface area contributed by atoms with Gasteiger partial charge in [-0.1, -0.05) is 17.7 Å². The monoisotopic (exact) mass is 276 g/mol. The summed E-state index contributed by atoms with van der Waals surface area (Å²) in [5, 5.41) is 14.3. The largest absolute Gasteiger partial charge is 0.392 e. The summed E-state index contributed by atoms with van der Waals surface area (Å²) >= 11 is 1.69. The van der Waals surface area contributed by atoms with Crippen molar-refractivity contribution in [2.75, 3.05) is 5.75 Å². The summed E-state index contributed by atoms with van der Waals surface area (Å²) in [6.45, 7) is 5.00. The number of benzene rings is 1. The van der Waals surface area contributed by atoms with Crippen molar-refractivity contribution in [2.24, 2.45) is 0 Å². The lowest BCUT2D eigenvalue weighted by Crippen LogP contribution is -2.13. The number of nitrogens with zero attached hydrogens (tertiary/aromatic N) is 2. The fourth-order valence-electron chi connectivity index (χ4n) is 1.84. The van der Waals surface area contributed by atoms with E-state index in [1.54, 1.807) is 11.8 Å². The SMILES string of the molecule is CCn1cc(CC(O)CSc2ccc(C)cc2)cn1. The van der Waals surface area contributed by atoms with Gasteiger partial charge in [-0.3, -0.25) is 4.68 Å². The Morgan fingerprint density at radius 1 is 1.32 bits per heavy atom. The molecule has 1 aromatic heterocycles. The first-order valence-electron chi connectivity index (χ1n) is 6.56. The number of rotatable bonds is 6. The van der Waals surface area contributed by atoms with Crippen LogP contribution >= 0.6 is 11.8 Å². The Bertz CT molecular complexity index is 507. The summed E-state index contributed by atoms with van der Waals surface area (Å²) in [4.78, 5) is 1.20. The first kappa shape index (κ1) is 14.2. The van der Waals surface area contributed by atoms with Crippen molar-refractivity contribution in [3.63, 3.8) is 0 Å². The Morgan fingerprint density at radius 3 is 2.68 bits per heavy atom. The van der Waals surface area contributed by atoms with Crippen LogP contribution in [0.4, 0.5) is 0 Å². The van der Waals surface area contributed by atoms with Crippen LogP contribution in [0, 0.1) is 6.92 Å². The van der Waals surface area contributed by atoms with Crippen LogP contribution in [0.1, 0.15) is 18.1 Å². The molecule has 0 bridgehead atoms. The summed E-state index contributed by atoms with van der Waals surface area (Å²) in [6, 6.07) is 8.39. The van der Waals surface area contributed by atoms with Gasteiger partial charge in [0.15, 0.2) is 0 Å². The zero-order chi connectivity index (χ0) is 13.7. The van der Waals surface area contributed by atoms with Crippen LogP contribution in [-0.4, -0.2) is 26.7 Å². The molecular formula is C15H20N2OS. The average molecular weight is 276 g/mol. The normalized spacial score (nSPS) is 12.6. The number of aliphatic hydroxyl groups is 1. The molecule has 0 aliphatic carbocycles. The molecule has 0 radical (unpaired) electrons. The van der Waals surface area contributed by atoms with Crippen molar-refractivity contribution in [2.45, 2.75) is 37.8 Å². The van der Waals surface area contributed by atoms with Crippen LogP contribution in [0.3, 0.4) is 0 Å². The highest BCUT2D eigenvalue weighted by atomic mass is 32.2. The molecular weight excluding hydrogens is 256 g/mol. The lowest BCUT2D eigenvalue weighted by molar-refractivity contribution is 0.200. The maximum absolute atomic E-state index is 10.0. The van der Waals surface area contributed by atoms with Crippen molar-refractivity contribution in [1.29, 1.82) is 0 Å². The predicted octanol–water partition coefficient (Wildman–Crippen LogP) is 2.91. The van der Waals surface area contributed by atoms with E-state index in [1.165, 1.54) is 10.5 Å². The van der Waals surface area contributed by atoms with E-state index in [9.17, 15) is 5.11 Å². The van der Waals surface area contributed by atoms with Gasteiger partial charge in [-0.2, -0.15) is 5.10 Å². The van der Waals surface area contributed by atoms with Gasteiger partial charge in [-0.25, -0.2) is 0 Å². The van der Waals surface area contributed by atoms with E-state index in [0.717, 1.165) is 12.1 Å². The van der Waals surface area contributed by atoms with Crippen molar-refractivity contribution in [1.82, 2.24) is 9.78 Å². The second-order valence-electron chi connectivity index (χ2n) is 4.69. The lowest BCUT2D eigenvalue weighted by atomic mass is 10.2. The Kier molecular flexibility index (Phi) is 5.05. The fraction of sp³-hybridized carbons (Fsp3) is 0.400. The van der Waals surface area contributed by atoms with Gasteiger partial charge in [0, 0.05) is 29.8 Å². The van der Waals surface area contributed by atoms with E-state index in [4.69, 9.17) is 0 Å². The summed E-state index contributed by atoms with van der Waals surface area (Å²) in [6.07, 6.45) is 4.17. The number of aromatic nitrogens is 2. The molecule has 2 rings (SSSR count). The first-order valence-corrected chi connectivity index (χ1v) is 7.55. The molecule has 1 aromatic carbocycles. The first-order chi connectivity index (χ1) is 9.17. The molecule has 0 saturated heterocycles. The van der Waals surface area contributed by atoms with E-state index >= 15 is 0 Å². The molecule has 1 N–H and O–H groups in total. The molecule has 4 heteroatoms. The highest BCUT2D eigenvalue weighted by molar-refractivity contribution is 7.99. The van der Waals surface area contributed by atoms with Crippen LogP contribution in [0.15, 0.2) is 41.6 Å². The van der Waals surface area contributed by atoms with E-state index < -0.39 is 0 Å². The summed E-state index contributed by atoms with van der Waals surface area (Å²) < 4.78 is 1.88.